The molecule has 26 heavy (non-hydrogen) atoms. The summed E-state index contributed by atoms with van der Waals surface area (Å²) in [5.74, 6) is -1.20. The molecule has 0 radical (unpaired) electrons. The Labute approximate surface area is 150 Å². The molecule has 0 spiro atoms. The number of nitrogens with zero attached hydrogens (tertiary/aromatic N) is 2. The fourth-order valence-corrected chi connectivity index (χ4v) is 2.54. The summed E-state index contributed by atoms with van der Waals surface area (Å²) in [5, 5.41) is 11.7. The van der Waals surface area contributed by atoms with E-state index in [2.05, 4.69) is 20.3 Å². The maximum atomic E-state index is 12.4. The van der Waals surface area contributed by atoms with Crippen LogP contribution < -0.4 is 10.9 Å². The van der Waals surface area contributed by atoms with E-state index in [1.54, 1.807) is 31.5 Å². The Morgan fingerprint density at radius 2 is 2.00 bits per heavy atom. The van der Waals surface area contributed by atoms with Crippen LogP contribution in [-0.2, 0) is 16.0 Å². The van der Waals surface area contributed by atoms with Crippen molar-refractivity contribution in [1.29, 1.82) is 0 Å². The van der Waals surface area contributed by atoms with Gasteiger partial charge in [0.1, 0.15) is 11.9 Å². The zero-order valence-corrected chi connectivity index (χ0v) is 14.8. The van der Waals surface area contributed by atoms with Crippen LogP contribution in [0.25, 0.3) is 11.4 Å². The van der Waals surface area contributed by atoms with Gasteiger partial charge in [-0.2, -0.15) is 0 Å². The highest BCUT2D eigenvalue weighted by Crippen LogP contribution is 2.13. The Morgan fingerprint density at radius 3 is 2.58 bits per heavy atom. The molecule has 8 nitrogen and oxygen atoms in total. The molecule has 0 fully saturated rings. The standard InChI is InChI=1S/C18H22N4O4/c1-3-4-5-14(18(25)26)21-15(23)10-13-11(2)20-16(22-17(13)24)12-6-8-19-9-7-12/h6-9,14H,3-5,10H2,1-2H3,(H,21,23)(H,25,26)(H,20,22,24). The molecule has 0 aliphatic heterocycles. The number of H-pyrrole nitrogens is 1. The predicted octanol–water partition coefficient (Wildman–Crippen LogP) is 1.44. The van der Waals surface area contributed by atoms with Gasteiger partial charge in [0.15, 0.2) is 0 Å². The van der Waals surface area contributed by atoms with Crippen LogP contribution in [0.3, 0.4) is 0 Å². The second-order valence-corrected chi connectivity index (χ2v) is 5.99. The zero-order valence-electron chi connectivity index (χ0n) is 14.8. The molecule has 1 unspecified atom stereocenters. The normalized spacial score (nSPS) is 11.8. The quantitative estimate of drug-likeness (QED) is 0.656. The molecule has 0 saturated carbocycles. The molecule has 0 aliphatic carbocycles. The van der Waals surface area contributed by atoms with Gasteiger partial charge in [0, 0.05) is 29.2 Å². The maximum absolute atomic E-state index is 12.4. The molecule has 138 valence electrons. The van der Waals surface area contributed by atoms with Crippen molar-refractivity contribution in [3.05, 3.63) is 46.1 Å². The average molecular weight is 358 g/mol. The topological polar surface area (TPSA) is 125 Å². The maximum Gasteiger partial charge on any atom is 0.326 e. The van der Waals surface area contributed by atoms with E-state index in [4.69, 9.17) is 0 Å². The van der Waals surface area contributed by atoms with Gasteiger partial charge in [0.2, 0.25) is 5.91 Å². The molecule has 2 rings (SSSR count). The summed E-state index contributed by atoms with van der Waals surface area (Å²) in [5.41, 5.74) is 0.942. The number of nitrogens with one attached hydrogen (secondary N) is 2. The number of aryl methyl sites for hydroxylation is 1. The van der Waals surface area contributed by atoms with Gasteiger partial charge in [-0.3, -0.25) is 14.6 Å². The lowest BCUT2D eigenvalue weighted by Crippen LogP contribution is -2.42. The first kappa shape index (κ1) is 19.3. The van der Waals surface area contributed by atoms with E-state index < -0.39 is 23.5 Å². The summed E-state index contributed by atoms with van der Waals surface area (Å²) in [6.45, 7) is 3.59. The summed E-state index contributed by atoms with van der Waals surface area (Å²) in [7, 11) is 0. The van der Waals surface area contributed by atoms with Crippen LogP contribution in [0.2, 0.25) is 0 Å². The number of aliphatic carboxylic acids is 1. The molecule has 1 atom stereocenters. The van der Waals surface area contributed by atoms with E-state index in [1.165, 1.54) is 0 Å². The van der Waals surface area contributed by atoms with Crippen molar-refractivity contribution in [1.82, 2.24) is 20.3 Å². The molecule has 0 aliphatic rings. The Bertz CT molecular complexity index is 833. The minimum Gasteiger partial charge on any atom is -0.480 e. The van der Waals surface area contributed by atoms with E-state index in [0.29, 0.717) is 29.9 Å². The third-order valence-corrected chi connectivity index (χ3v) is 3.99. The third kappa shape index (κ3) is 4.98. The molecule has 0 bridgehead atoms. The smallest absolute Gasteiger partial charge is 0.326 e. The Kier molecular flexibility index (Phi) is 6.60. The van der Waals surface area contributed by atoms with Crippen LogP contribution >= 0.6 is 0 Å². The van der Waals surface area contributed by atoms with E-state index in [-0.39, 0.29) is 12.0 Å². The number of carbonyl (C=O) groups excluding carboxylic acids is 1. The highest BCUT2D eigenvalue weighted by Gasteiger charge is 2.21. The Morgan fingerprint density at radius 1 is 1.31 bits per heavy atom. The Hall–Kier alpha value is -3.03. The minimum absolute atomic E-state index is 0.222. The van der Waals surface area contributed by atoms with Gasteiger partial charge < -0.3 is 15.4 Å². The third-order valence-electron chi connectivity index (χ3n) is 3.99. The molecular formula is C18H22N4O4. The molecule has 2 aromatic rings. The lowest BCUT2D eigenvalue weighted by atomic mass is 10.1. The van der Waals surface area contributed by atoms with E-state index in [1.807, 2.05) is 6.92 Å². The van der Waals surface area contributed by atoms with Crippen molar-refractivity contribution in [3.63, 3.8) is 0 Å². The number of hydrogen-bond acceptors (Lipinski definition) is 5. The number of aromatic nitrogens is 3. The monoisotopic (exact) mass is 358 g/mol. The lowest BCUT2D eigenvalue weighted by Gasteiger charge is -2.14. The van der Waals surface area contributed by atoms with Gasteiger partial charge in [-0.1, -0.05) is 19.8 Å². The fraction of sp³-hybridized carbons (Fsp3) is 0.389. The first-order chi connectivity index (χ1) is 12.4. The van der Waals surface area contributed by atoms with Crippen molar-refractivity contribution in [2.45, 2.75) is 45.6 Å². The van der Waals surface area contributed by atoms with Crippen LogP contribution in [0.5, 0.6) is 0 Å². The number of rotatable bonds is 8. The number of carbonyl (C=O) groups is 2. The van der Waals surface area contributed by atoms with Crippen LogP contribution in [0.1, 0.15) is 37.4 Å². The second kappa shape index (κ2) is 8.89. The van der Waals surface area contributed by atoms with E-state index in [0.717, 1.165) is 6.42 Å². The van der Waals surface area contributed by atoms with Crippen molar-refractivity contribution in [2.75, 3.05) is 0 Å². The summed E-state index contributed by atoms with van der Waals surface area (Å²) >= 11 is 0. The summed E-state index contributed by atoms with van der Waals surface area (Å²) in [6, 6.07) is 2.48. The van der Waals surface area contributed by atoms with Crippen molar-refractivity contribution in [3.8, 4) is 11.4 Å². The molecule has 3 N–H and O–H groups in total. The highest BCUT2D eigenvalue weighted by atomic mass is 16.4. The number of hydrogen-bond donors (Lipinski definition) is 3. The van der Waals surface area contributed by atoms with Gasteiger partial charge in [0.05, 0.1) is 6.42 Å². The molecular weight excluding hydrogens is 336 g/mol. The van der Waals surface area contributed by atoms with Crippen LogP contribution in [0.15, 0.2) is 29.3 Å². The molecule has 8 heteroatoms. The first-order valence-corrected chi connectivity index (χ1v) is 8.44. The summed E-state index contributed by atoms with van der Waals surface area (Å²) in [4.78, 5) is 46.7. The number of pyridine rings is 1. The van der Waals surface area contributed by atoms with E-state index >= 15 is 0 Å². The van der Waals surface area contributed by atoms with Gasteiger partial charge in [-0.05, 0) is 25.5 Å². The number of carboxylic acid groups (broad SMARTS) is 1. The van der Waals surface area contributed by atoms with Crippen molar-refractivity contribution < 1.29 is 14.7 Å². The summed E-state index contributed by atoms with van der Waals surface area (Å²) in [6.07, 6.45) is 4.84. The Balaban J connectivity index is 2.15. The van der Waals surface area contributed by atoms with Gasteiger partial charge in [0.25, 0.3) is 5.56 Å². The number of carboxylic acids is 1. The summed E-state index contributed by atoms with van der Waals surface area (Å²) < 4.78 is 0. The molecule has 1 amide bonds. The molecule has 2 heterocycles. The predicted molar refractivity (Wildman–Crippen MR) is 95.6 cm³/mol. The SMILES string of the molecule is CCCCC(NC(=O)Cc1c(C)nc(-c2ccncc2)[nH]c1=O)C(=O)O. The van der Waals surface area contributed by atoms with Crippen LogP contribution in [-0.4, -0.2) is 38.0 Å². The highest BCUT2D eigenvalue weighted by molar-refractivity contribution is 5.84. The van der Waals surface area contributed by atoms with Gasteiger partial charge in [-0.25, -0.2) is 9.78 Å². The fourth-order valence-electron chi connectivity index (χ4n) is 2.54. The lowest BCUT2D eigenvalue weighted by molar-refractivity contribution is -0.142. The van der Waals surface area contributed by atoms with E-state index in [9.17, 15) is 19.5 Å². The van der Waals surface area contributed by atoms with Gasteiger partial charge >= 0.3 is 5.97 Å². The molecule has 0 saturated heterocycles. The van der Waals surface area contributed by atoms with Crippen molar-refractivity contribution >= 4 is 11.9 Å². The second-order valence-electron chi connectivity index (χ2n) is 5.99. The van der Waals surface area contributed by atoms with Crippen molar-refractivity contribution in [2.24, 2.45) is 0 Å². The average Bonchev–Trinajstić information content (AvgIpc) is 2.62. The number of amides is 1. The molecule has 0 aromatic carbocycles. The number of aromatic amines is 1. The zero-order chi connectivity index (χ0) is 19.1. The minimum atomic E-state index is -1.08. The largest absolute Gasteiger partial charge is 0.480 e. The van der Waals surface area contributed by atoms with Crippen LogP contribution in [0, 0.1) is 6.92 Å². The van der Waals surface area contributed by atoms with Gasteiger partial charge in [-0.15, -0.1) is 0 Å². The first-order valence-electron chi connectivity index (χ1n) is 8.44. The number of unbranched alkanes of at least 4 members (excludes halogenated alkanes) is 1. The van der Waals surface area contributed by atoms with Crippen LogP contribution in [0.4, 0.5) is 0 Å². The molecule has 2 aromatic heterocycles.